The Morgan fingerprint density at radius 3 is 2.50 bits per heavy atom. The molecule has 24 heavy (non-hydrogen) atoms. The summed E-state index contributed by atoms with van der Waals surface area (Å²) in [5.41, 5.74) is 11.5. The Bertz CT molecular complexity index is 837. The fourth-order valence-corrected chi connectivity index (χ4v) is 3.30. The van der Waals surface area contributed by atoms with Crippen LogP contribution in [-0.2, 0) is 6.42 Å². The molecule has 0 unspecified atom stereocenters. The number of benzene rings is 2. The van der Waals surface area contributed by atoms with Crippen molar-refractivity contribution < 1.29 is 4.74 Å². The van der Waals surface area contributed by atoms with Gasteiger partial charge in [0.25, 0.3) is 0 Å². The largest absolute Gasteiger partial charge is 0.497 e. The number of aryl methyl sites for hydroxylation is 2. The maximum atomic E-state index is 6.31. The van der Waals surface area contributed by atoms with Gasteiger partial charge in [-0.3, -0.25) is 0 Å². The lowest BCUT2D eigenvalue weighted by Gasteiger charge is -2.06. The first-order valence-corrected chi connectivity index (χ1v) is 8.67. The number of unbranched alkanes of at least 4 members (excludes halogenated alkanes) is 1. The third kappa shape index (κ3) is 3.14. The van der Waals surface area contributed by atoms with E-state index in [0.717, 1.165) is 58.9 Å². The molecule has 0 atom stereocenters. The summed E-state index contributed by atoms with van der Waals surface area (Å²) >= 11 is 6.31. The summed E-state index contributed by atoms with van der Waals surface area (Å²) in [5, 5.41) is 2.04. The van der Waals surface area contributed by atoms with E-state index >= 15 is 0 Å². The first-order chi connectivity index (χ1) is 11.7. The van der Waals surface area contributed by atoms with Crippen molar-refractivity contribution in [2.45, 2.75) is 26.2 Å². The van der Waals surface area contributed by atoms with Crippen LogP contribution in [0.1, 0.15) is 24.0 Å². The summed E-state index contributed by atoms with van der Waals surface area (Å²) in [6.07, 6.45) is 3.11. The Kier molecular flexibility index (Phi) is 5.12. The van der Waals surface area contributed by atoms with Gasteiger partial charge in [0.05, 0.1) is 12.6 Å². The van der Waals surface area contributed by atoms with E-state index in [-0.39, 0.29) is 0 Å². The second kappa shape index (κ2) is 7.29. The van der Waals surface area contributed by atoms with E-state index < -0.39 is 0 Å². The first-order valence-electron chi connectivity index (χ1n) is 8.30. The van der Waals surface area contributed by atoms with Crippen LogP contribution in [-0.4, -0.2) is 18.6 Å². The van der Waals surface area contributed by atoms with Gasteiger partial charge in [-0.1, -0.05) is 17.7 Å². The van der Waals surface area contributed by atoms with Crippen LogP contribution in [0.4, 0.5) is 0 Å². The maximum Gasteiger partial charge on any atom is 0.118 e. The highest BCUT2D eigenvalue weighted by molar-refractivity contribution is 6.32. The van der Waals surface area contributed by atoms with Gasteiger partial charge in [-0.15, -0.1) is 0 Å². The lowest BCUT2D eigenvalue weighted by atomic mass is 9.99. The van der Waals surface area contributed by atoms with Gasteiger partial charge in [0.1, 0.15) is 5.75 Å². The van der Waals surface area contributed by atoms with Gasteiger partial charge in [0.2, 0.25) is 0 Å². The molecule has 0 aliphatic carbocycles. The van der Waals surface area contributed by atoms with Crippen molar-refractivity contribution in [3.05, 3.63) is 52.5 Å². The van der Waals surface area contributed by atoms with Gasteiger partial charge in [0, 0.05) is 16.1 Å². The zero-order valence-electron chi connectivity index (χ0n) is 14.2. The lowest BCUT2D eigenvalue weighted by molar-refractivity contribution is 0.415. The average molecular weight is 343 g/mol. The zero-order chi connectivity index (χ0) is 17.1. The molecule has 0 spiro atoms. The molecule has 0 fully saturated rings. The van der Waals surface area contributed by atoms with Crippen LogP contribution in [0.2, 0.25) is 5.02 Å². The van der Waals surface area contributed by atoms with E-state index in [0.29, 0.717) is 0 Å². The molecule has 0 saturated heterocycles. The van der Waals surface area contributed by atoms with Gasteiger partial charge >= 0.3 is 0 Å². The Balaban J connectivity index is 2.13. The molecule has 4 heteroatoms. The number of fused-ring (bicyclic) bond motifs is 1. The van der Waals surface area contributed by atoms with E-state index in [1.165, 1.54) is 10.9 Å². The number of nitrogens with two attached hydrogens (primary N) is 1. The number of H-pyrrole nitrogens is 1. The quantitative estimate of drug-likeness (QED) is 0.613. The van der Waals surface area contributed by atoms with Crippen LogP contribution in [0.15, 0.2) is 36.4 Å². The summed E-state index contributed by atoms with van der Waals surface area (Å²) in [5.74, 6) is 0.860. The van der Waals surface area contributed by atoms with E-state index in [2.05, 4.69) is 30.1 Å². The molecule has 0 amide bonds. The Hall–Kier alpha value is -1.97. The van der Waals surface area contributed by atoms with Gasteiger partial charge in [0.15, 0.2) is 0 Å². The second-order valence-corrected chi connectivity index (χ2v) is 6.45. The summed E-state index contributed by atoms with van der Waals surface area (Å²) in [6.45, 7) is 2.79. The van der Waals surface area contributed by atoms with Gasteiger partial charge in [-0.25, -0.2) is 0 Å². The number of rotatable bonds is 6. The molecule has 3 rings (SSSR count). The lowest BCUT2D eigenvalue weighted by Crippen LogP contribution is -1.99. The minimum Gasteiger partial charge on any atom is -0.497 e. The number of aromatic nitrogens is 1. The number of aromatic amines is 1. The number of ether oxygens (including phenoxy) is 1. The Morgan fingerprint density at radius 2 is 1.83 bits per heavy atom. The normalized spacial score (nSPS) is 11.2. The smallest absolute Gasteiger partial charge is 0.118 e. The fraction of sp³-hybridized carbons (Fsp3) is 0.300. The predicted octanol–water partition coefficient (Wildman–Crippen LogP) is 5.09. The molecule has 0 saturated carbocycles. The predicted molar refractivity (Wildman–Crippen MR) is 102 cm³/mol. The Labute approximate surface area is 147 Å². The summed E-state index contributed by atoms with van der Waals surface area (Å²) in [4.78, 5) is 3.60. The van der Waals surface area contributed by atoms with Crippen LogP contribution in [0.5, 0.6) is 5.75 Å². The van der Waals surface area contributed by atoms with Gasteiger partial charge < -0.3 is 15.5 Å². The van der Waals surface area contributed by atoms with Crippen molar-refractivity contribution in [3.63, 3.8) is 0 Å². The van der Waals surface area contributed by atoms with Crippen molar-refractivity contribution in [2.75, 3.05) is 13.7 Å². The number of nitrogens with one attached hydrogen (secondary N) is 1. The van der Waals surface area contributed by atoms with E-state index in [1.807, 2.05) is 18.2 Å². The van der Waals surface area contributed by atoms with Crippen molar-refractivity contribution in [3.8, 4) is 17.0 Å². The molecule has 3 N–H and O–H groups in total. The Morgan fingerprint density at radius 1 is 1.08 bits per heavy atom. The first kappa shape index (κ1) is 16.9. The molecule has 126 valence electrons. The topological polar surface area (TPSA) is 51.0 Å². The third-order valence-electron chi connectivity index (χ3n) is 4.54. The van der Waals surface area contributed by atoms with Crippen LogP contribution in [0, 0.1) is 6.92 Å². The molecular formula is C20H23ClN2O. The third-order valence-corrected chi connectivity index (χ3v) is 4.94. The van der Waals surface area contributed by atoms with Gasteiger partial charge in [-0.05, 0) is 79.8 Å². The molecule has 3 aromatic rings. The van der Waals surface area contributed by atoms with Crippen molar-refractivity contribution in [2.24, 2.45) is 5.73 Å². The van der Waals surface area contributed by atoms with Crippen molar-refractivity contribution >= 4 is 22.5 Å². The minimum atomic E-state index is 0.727. The highest BCUT2D eigenvalue weighted by Crippen LogP contribution is 2.35. The molecule has 2 aromatic carbocycles. The SMILES string of the molecule is COc1ccc(-c2[nH]c3c(C)c(Cl)ccc3c2CCCCN)cc1. The fourth-order valence-electron chi connectivity index (χ4n) is 3.14. The van der Waals surface area contributed by atoms with Crippen LogP contribution in [0.3, 0.4) is 0 Å². The second-order valence-electron chi connectivity index (χ2n) is 6.05. The standard InChI is InChI=1S/C20H23ClN2O/c1-13-18(21)11-10-17-16(5-3-4-12-22)20(23-19(13)17)14-6-8-15(24-2)9-7-14/h6-11,23H,3-5,12,22H2,1-2H3. The van der Waals surface area contributed by atoms with E-state index in [9.17, 15) is 0 Å². The highest BCUT2D eigenvalue weighted by atomic mass is 35.5. The summed E-state index contributed by atoms with van der Waals surface area (Å²) in [6, 6.07) is 12.3. The molecule has 0 bridgehead atoms. The van der Waals surface area contributed by atoms with Crippen LogP contribution < -0.4 is 10.5 Å². The molecular weight excluding hydrogens is 320 g/mol. The molecule has 3 nitrogen and oxygen atoms in total. The highest BCUT2D eigenvalue weighted by Gasteiger charge is 2.15. The maximum absolute atomic E-state index is 6.31. The monoisotopic (exact) mass is 342 g/mol. The van der Waals surface area contributed by atoms with Crippen molar-refractivity contribution in [1.82, 2.24) is 4.98 Å². The van der Waals surface area contributed by atoms with Crippen LogP contribution in [0.25, 0.3) is 22.2 Å². The number of hydrogen-bond acceptors (Lipinski definition) is 2. The minimum absolute atomic E-state index is 0.727. The van der Waals surface area contributed by atoms with Crippen molar-refractivity contribution in [1.29, 1.82) is 0 Å². The average Bonchev–Trinajstić information content (AvgIpc) is 2.98. The van der Waals surface area contributed by atoms with Crippen LogP contribution >= 0.6 is 11.6 Å². The van der Waals surface area contributed by atoms with Gasteiger partial charge in [-0.2, -0.15) is 0 Å². The summed E-state index contributed by atoms with van der Waals surface area (Å²) < 4.78 is 5.27. The number of halogens is 1. The molecule has 1 heterocycles. The molecule has 0 radical (unpaired) electrons. The number of hydrogen-bond donors (Lipinski definition) is 2. The van der Waals surface area contributed by atoms with E-state index in [1.54, 1.807) is 7.11 Å². The summed E-state index contributed by atoms with van der Waals surface area (Å²) in [7, 11) is 1.68. The van der Waals surface area contributed by atoms with E-state index in [4.69, 9.17) is 22.1 Å². The molecule has 1 aromatic heterocycles. The number of methoxy groups -OCH3 is 1. The molecule has 0 aliphatic heterocycles. The zero-order valence-corrected chi connectivity index (χ0v) is 14.9. The molecule has 0 aliphatic rings.